The van der Waals surface area contributed by atoms with Gasteiger partial charge in [0.2, 0.25) is 0 Å². The summed E-state index contributed by atoms with van der Waals surface area (Å²) >= 11 is 7.53. The number of hydrogen-bond acceptors (Lipinski definition) is 3. The van der Waals surface area contributed by atoms with Gasteiger partial charge in [-0.25, -0.2) is 0 Å². The molecule has 17 heavy (non-hydrogen) atoms. The molecule has 1 aromatic heterocycles. The van der Waals surface area contributed by atoms with Crippen LogP contribution < -0.4 is 10.1 Å². The minimum absolute atomic E-state index is 0.795. The van der Waals surface area contributed by atoms with Gasteiger partial charge in [-0.05, 0) is 36.8 Å². The molecular weight excluding hydrogens is 254 g/mol. The molecule has 0 aliphatic heterocycles. The Balaban J connectivity index is 2.02. The maximum atomic E-state index is 5.87. The lowest BCUT2D eigenvalue weighted by atomic mass is 10.2. The maximum Gasteiger partial charge on any atom is 0.121 e. The lowest BCUT2D eigenvalue weighted by Gasteiger charge is -2.09. The van der Waals surface area contributed by atoms with Crippen LogP contribution in [0.25, 0.3) is 0 Å². The quantitative estimate of drug-likeness (QED) is 0.890. The summed E-state index contributed by atoms with van der Waals surface area (Å²) in [4.78, 5) is 1.23. The molecular formula is C13H14ClNOS. The number of nitrogens with one attached hydrogen (secondary N) is 1. The monoisotopic (exact) mass is 267 g/mol. The average molecular weight is 268 g/mol. The molecule has 0 aliphatic rings. The molecule has 0 bridgehead atoms. The number of benzene rings is 1. The minimum Gasteiger partial charge on any atom is -0.496 e. The van der Waals surface area contributed by atoms with Crippen LogP contribution in [0.5, 0.6) is 5.75 Å². The summed E-state index contributed by atoms with van der Waals surface area (Å²) in [6, 6.07) is 8.05. The van der Waals surface area contributed by atoms with Crippen LogP contribution in [0.3, 0.4) is 0 Å². The Labute approximate surface area is 110 Å². The van der Waals surface area contributed by atoms with E-state index < -0.39 is 0 Å². The Morgan fingerprint density at radius 1 is 1.35 bits per heavy atom. The van der Waals surface area contributed by atoms with Gasteiger partial charge in [0.15, 0.2) is 0 Å². The highest BCUT2D eigenvalue weighted by atomic mass is 35.5. The molecule has 1 aromatic carbocycles. The van der Waals surface area contributed by atoms with Crippen molar-refractivity contribution in [3.8, 4) is 5.75 Å². The molecule has 2 aromatic rings. The summed E-state index contributed by atoms with van der Waals surface area (Å²) in [5.74, 6) is 0.912. The first-order valence-corrected chi connectivity index (χ1v) is 6.56. The van der Waals surface area contributed by atoms with Crippen molar-refractivity contribution in [1.29, 1.82) is 0 Å². The predicted molar refractivity (Wildman–Crippen MR) is 74.4 cm³/mol. The van der Waals surface area contributed by atoms with E-state index in [0.717, 1.165) is 28.6 Å². The SMILES string of the molecule is COc1ccc(NCc2cc(Cl)cs2)cc1C. The molecule has 0 saturated carbocycles. The lowest BCUT2D eigenvalue weighted by molar-refractivity contribution is 0.412. The van der Waals surface area contributed by atoms with E-state index in [9.17, 15) is 0 Å². The molecule has 2 nitrogen and oxygen atoms in total. The van der Waals surface area contributed by atoms with Gasteiger partial charge in [0, 0.05) is 22.5 Å². The highest BCUT2D eigenvalue weighted by Gasteiger charge is 2.01. The van der Waals surface area contributed by atoms with Gasteiger partial charge in [0.1, 0.15) is 5.75 Å². The molecule has 0 fully saturated rings. The van der Waals surface area contributed by atoms with E-state index >= 15 is 0 Å². The standard InChI is InChI=1S/C13H14ClNOS/c1-9-5-11(3-4-13(9)16-2)15-7-12-6-10(14)8-17-12/h3-6,8,15H,7H2,1-2H3. The number of anilines is 1. The van der Waals surface area contributed by atoms with Gasteiger partial charge in [-0.2, -0.15) is 0 Å². The predicted octanol–water partition coefficient (Wildman–Crippen LogP) is 4.33. The summed E-state index contributed by atoms with van der Waals surface area (Å²) in [7, 11) is 1.68. The fourth-order valence-corrected chi connectivity index (χ4v) is 2.64. The third-order valence-electron chi connectivity index (χ3n) is 2.48. The van der Waals surface area contributed by atoms with Crippen LogP contribution in [0.1, 0.15) is 10.4 Å². The largest absolute Gasteiger partial charge is 0.496 e. The molecule has 0 atom stereocenters. The number of halogens is 1. The van der Waals surface area contributed by atoms with Crippen LogP contribution >= 0.6 is 22.9 Å². The van der Waals surface area contributed by atoms with Crippen molar-refractivity contribution < 1.29 is 4.74 Å². The molecule has 2 rings (SSSR count). The Kier molecular flexibility index (Phi) is 3.92. The second-order valence-corrected chi connectivity index (χ2v) is 5.20. The van der Waals surface area contributed by atoms with Gasteiger partial charge in [-0.3, -0.25) is 0 Å². The third-order valence-corrected chi connectivity index (χ3v) is 3.77. The molecule has 0 amide bonds. The van der Waals surface area contributed by atoms with Gasteiger partial charge in [0.25, 0.3) is 0 Å². The fraction of sp³-hybridized carbons (Fsp3) is 0.231. The highest BCUT2D eigenvalue weighted by molar-refractivity contribution is 7.10. The van der Waals surface area contributed by atoms with Crippen molar-refractivity contribution in [3.05, 3.63) is 45.1 Å². The topological polar surface area (TPSA) is 21.3 Å². The van der Waals surface area contributed by atoms with E-state index in [0.29, 0.717) is 0 Å². The Bertz CT molecular complexity index is 510. The lowest BCUT2D eigenvalue weighted by Crippen LogP contribution is -1.98. The highest BCUT2D eigenvalue weighted by Crippen LogP contribution is 2.23. The number of aryl methyl sites for hydroxylation is 1. The first-order chi connectivity index (χ1) is 8.19. The molecule has 0 saturated heterocycles. The summed E-state index contributed by atoms with van der Waals surface area (Å²) in [6.45, 7) is 2.83. The van der Waals surface area contributed by atoms with Crippen molar-refractivity contribution in [3.63, 3.8) is 0 Å². The first kappa shape index (κ1) is 12.3. The van der Waals surface area contributed by atoms with Crippen molar-refractivity contribution in [1.82, 2.24) is 0 Å². The summed E-state index contributed by atoms with van der Waals surface area (Å²) in [5.41, 5.74) is 2.22. The molecule has 0 aliphatic carbocycles. The minimum atomic E-state index is 0.795. The van der Waals surface area contributed by atoms with E-state index in [1.54, 1.807) is 18.4 Å². The van der Waals surface area contributed by atoms with Crippen LogP contribution in [-0.2, 0) is 6.54 Å². The zero-order valence-electron chi connectivity index (χ0n) is 9.79. The zero-order valence-corrected chi connectivity index (χ0v) is 11.4. The fourth-order valence-electron chi connectivity index (χ4n) is 1.62. The normalized spacial score (nSPS) is 10.3. The molecule has 1 N–H and O–H groups in total. The zero-order chi connectivity index (χ0) is 12.3. The second-order valence-electron chi connectivity index (χ2n) is 3.77. The van der Waals surface area contributed by atoms with Gasteiger partial charge < -0.3 is 10.1 Å². The van der Waals surface area contributed by atoms with Gasteiger partial charge in [-0.1, -0.05) is 11.6 Å². The van der Waals surface area contributed by atoms with Crippen molar-refractivity contribution in [2.24, 2.45) is 0 Å². The van der Waals surface area contributed by atoms with Crippen molar-refractivity contribution in [2.45, 2.75) is 13.5 Å². The van der Waals surface area contributed by atoms with E-state index in [1.165, 1.54) is 4.88 Å². The van der Waals surface area contributed by atoms with Crippen LogP contribution in [0.2, 0.25) is 5.02 Å². The van der Waals surface area contributed by atoms with Crippen LogP contribution in [0, 0.1) is 6.92 Å². The number of hydrogen-bond donors (Lipinski definition) is 1. The molecule has 0 radical (unpaired) electrons. The molecule has 1 heterocycles. The Hall–Kier alpha value is -1.19. The molecule has 4 heteroatoms. The summed E-state index contributed by atoms with van der Waals surface area (Å²) < 4.78 is 5.22. The Morgan fingerprint density at radius 3 is 2.76 bits per heavy atom. The molecule has 0 spiro atoms. The van der Waals surface area contributed by atoms with Crippen molar-refractivity contribution in [2.75, 3.05) is 12.4 Å². The molecule has 90 valence electrons. The van der Waals surface area contributed by atoms with E-state index in [2.05, 4.69) is 11.4 Å². The second kappa shape index (κ2) is 5.43. The van der Waals surface area contributed by atoms with E-state index in [4.69, 9.17) is 16.3 Å². The van der Waals surface area contributed by atoms with Crippen LogP contribution in [-0.4, -0.2) is 7.11 Å². The number of methoxy groups -OCH3 is 1. The summed E-state index contributed by atoms with van der Waals surface area (Å²) in [6.07, 6.45) is 0. The van der Waals surface area contributed by atoms with Crippen LogP contribution in [0.15, 0.2) is 29.6 Å². The van der Waals surface area contributed by atoms with Gasteiger partial charge >= 0.3 is 0 Å². The number of thiophene rings is 1. The van der Waals surface area contributed by atoms with Gasteiger partial charge in [0.05, 0.1) is 12.1 Å². The number of rotatable bonds is 4. The third kappa shape index (κ3) is 3.14. The Morgan fingerprint density at radius 2 is 2.18 bits per heavy atom. The first-order valence-electron chi connectivity index (χ1n) is 5.30. The van der Waals surface area contributed by atoms with E-state index in [-0.39, 0.29) is 0 Å². The summed E-state index contributed by atoms with van der Waals surface area (Å²) in [5, 5.41) is 6.11. The average Bonchev–Trinajstić information content (AvgIpc) is 2.73. The van der Waals surface area contributed by atoms with E-state index in [1.807, 2.05) is 30.5 Å². The smallest absolute Gasteiger partial charge is 0.121 e. The maximum absolute atomic E-state index is 5.87. The molecule has 0 unspecified atom stereocenters. The van der Waals surface area contributed by atoms with Gasteiger partial charge in [-0.15, -0.1) is 11.3 Å². The van der Waals surface area contributed by atoms with Crippen LogP contribution in [0.4, 0.5) is 5.69 Å². The van der Waals surface area contributed by atoms with Crippen molar-refractivity contribution >= 4 is 28.6 Å². The number of ether oxygens (including phenoxy) is 1.